The van der Waals surface area contributed by atoms with E-state index in [1.54, 1.807) is 0 Å². The molecule has 0 amide bonds. The van der Waals surface area contributed by atoms with Crippen LogP contribution in [0.4, 0.5) is 0 Å². The molecule has 0 saturated heterocycles. The summed E-state index contributed by atoms with van der Waals surface area (Å²) in [6, 6.07) is -0.295. The van der Waals surface area contributed by atoms with Crippen LogP contribution in [0, 0.1) is 0 Å². The number of unbranched alkanes of at least 4 members (excludes halogenated alkanes) is 4. The fourth-order valence-corrected chi connectivity index (χ4v) is 3.16. The molecule has 0 aliphatic carbocycles. The van der Waals surface area contributed by atoms with Crippen molar-refractivity contribution >= 4 is 0 Å². The first-order valence-electron chi connectivity index (χ1n) is 13.2. The molecule has 0 unspecified atom stereocenters. The molecule has 4 atom stereocenters. The molecule has 0 aromatic heterocycles. The Morgan fingerprint density at radius 3 is 1.32 bits per heavy atom. The van der Waals surface area contributed by atoms with Crippen LogP contribution in [0.1, 0.15) is 90.9 Å². The molecule has 194 valence electrons. The van der Waals surface area contributed by atoms with Crippen molar-refractivity contribution in [1.29, 1.82) is 0 Å². The predicted octanol–water partition coefficient (Wildman–Crippen LogP) is 6.42. The third kappa shape index (κ3) is 23.4. The molecule has 4 heteroatoms. The molecule has 0 aliphatic rings. The van der Waals surface area contributed by atoms with E-state index in [0.717, 1.165) is 51.4 Å². The van der Waals surface area contributed by atoms with Crippen molar-refractivity contribution < 1.29 is 10.2 Å². The molecule has 0 fully saturated rings. The maximum Gasteiger partial charge on any atom is 0.0722 e. The standard InChI is InChI=1S/C30H52N2O2/c1-27(31)29(33)25-23-21-19-17-15-13-11-9-7-5-3-4-6-8-10-12-14-16-18-20-22-24-26-30(34)28(2)32/h3,5-6,8-9,11-12,14-15,17,21,23,27-30,33-34H,4,7,10,13,16,18-20,22,24-26,31-32H2,1-2H3/b5-3-,8-6+,11-9-,14-12-,17-15-,23-21-/t27-,28-,29+,30+/m1/s1. The minimum Gasteiger partial charge on any atom is -0.392 e. The van der Waals surface area contributed by atoms with E-state index in [1.807, 2.05) is 19.9 Å². The van der Waals surface area contributed by atoms with Crippen molar-refractivity contribution in [2.45, 2.75) is 115 Å². The Kier molecular flexibility index (Phi) is 23.2. The Hall–Kier alpha value is -1.72. The maximum atomic E-state index is 9.66. The van der Waals surface area contributed by atoms with E-state index in [-0.39, 0.29) is 18.2 Å². The van der Waals surface area contributed by atoms with Crippen LogP contribution in [-0.2, 0) is 0 Å². The zero-order valence-electron chi connectivity index (χ0n) is 21.8. The zero-order chi connectivity index (χ0) is 25.3. The van der Waals surface area contributed by atoms with E-state index in [1.165, 1.54) is 19.3 Å². The van der Waals surface area contributed by atoms with Crippen LogP contribution in [-0.4, -0.2) is 34.5 Å². The van der Waals surface area contributed by atoms with Gasteiger partial charge in [0.2, 0.25) is 0 Å². The van der Waals surface area contributed by atoms with Gasteiger partial charge < -0.3 is 21.7 Å². The molecule has 0 saturated carbocycles. The molecule has 0 heterocycles. The van der Waals surface area contributed by atoms with Crippen molar-refractivity contribution in [3.8, 4) is 0 Å². The normalized spacial score (nSPS) is 16.8. The highest BCUT2D eigenvalue weighted by atomic mass is 16.3. The van der Waals surface area contributed by atoms with Crippen LogP contribution < -0.4 is 11.5 Å². The summed E-state index contributed by atoms with van der Waals surface area (Å²) in [5.74, 6) is 0. The van der Waals surface area contributed by atoms with Crippen LogP contribution in [0.15, 0.2) is 72.9 Å². The highest BCUT2D eigenvalue weighted by Gasteiger charge is 2.08. The molecular weight excluding hydrogens is 420 g/mol. The van der Waals surface area contributed by atoms with Crippen LogP contribution in [0.5, 0.6) is 0 Å². The largest absolute Gasteiger partial charge is 0.392 e. The molecule has 0 rings (SSSR count). The second-order valence-electron chi connectivity index (χ2n) is 9.09. The van der Waals surface area contributed by atoms with Crippen molar-refractivity contribution in [3.63, 3.8) is 0 Å². The quantitative estimate of drug-likeness (QED) is 0.114. The molecule has 0 spiro atoms. The van der Waals surface area contributed by atoms with Gasteiger partial charge in [-0.2, -0.15) is 0 Å². The molecule has 6 N–H and O–H groups in total. The topological polar surface area (TPSA) is 92.5 Å². The summed E-state index contributed by atoms with van der Waals surface area (Å²) >= 11 is 0. The third-order valence-electron chi connectivity index (χ3n) is 5.57. The lowest BCUT2D eigenvalue weighted by Crippen LogP contribution is -2.31. The lowest BCUT2D eigenvalue weighted by atomic mass is 10.0. The minimum atomic E-state index is -0.451. The number of hydrogen-bond donors (Lipinski definition) is 4. The van der Waals surface area contributed by atoms with E-state index in [2.05, 4.69) is 66.8 Å². The summed E-state index contributed by atoms with van der Waals surface area (Å²) in [7, 11) is 0. The lowest BCUT2D eigenvalue weighted by molar-refractivity contribution is 0.138. The van der Waals surface area contributed by atoms with Gasteiger partial charge in [-0.05, 0) is 71.6 Å². The monoisotopic (exact) mass is 472 g/mol. The van der Waals surface area contributed by atoms with Gasteiger partial charge in [0.1, 0.15) is 0 Å². The molecule has 0 bridgehead atoms. The Balaban J connectivity index is 3.54. The SMILES string of the molecule is C[C@@H](N)[C@@H](O)C/C=C\C/C=C\C/C=C\C/C=C\C/C=C/C/C=C\CCCCCC[C@H](O)[C@@H](C)N. The molecule has 0 aromatic carbocycles. The van der Waals surface area contributed by atoms with Gasteiger partial charge in [-0.3, -0.25) is 0 Å². The van der Waals surface area contributed by atoms with Gasteiger partial charge in [-0.25, -0.2) is 0 Å². The van der Waals surface area contributed by atoms with Gasteiger partial charge in [-0.15, -0.1) is 0 Å². The van der Waals surface area contributed by atoms with Gasteiger partial charge in [0.15, 0.2) is 0 Å². The van der Waals surface area contributed by atoms with Gasteiger partial charge in [0.25, 0.3) is 0 Å². The van der Waals surface area contributed by atoms with Gasteiger partial charge in [0.05, 0.1) is 12.2 Å². The Morgan fingerprint density at radius 2 is 0.882 bits per heavy atom. The highest BCUT2D eigenvalue weighted by molar-refractivity contribution is 5.01. The summed E-state index contributed by atoms with van der Waals surface area (Å²) in [6.07, 6.45) is 37.4. The fourth-order valence-electron chi connectivity index (χ4n) is 3.16. The molecule has 4 nitrogen and oxygen atoms in total. The number of rotatable bonds is 21. The average Bonchev–Trinajstić information content (AvgIpc) is 2.81. The highest BCUT2D eigenvalue weighted by Crippen LogP contribution is 2.09. The van der Waals surface area contributed by atoms with E-state index in [0.29, 0.717) is 6.42 Å². The van der Waals surface area contributed by atoms with E-state index in [9.17, 15) is 10.2 Å². The lowest BCUT2D eigenvalue weighted by Gasteiger charge is -2.13. The van der Waals surface area contributed by atoms with Crippen LogP contribution >= 0.6 is 0 Å². The average molecular weight is 473 g/mol. The van der Waals surface area contributed by atoms with E-state index in [4.69, 9.17) is 11.5 Å². The second-order valence-corrected chi connectivity index (χ2v) is 9.09. The van der Waals surface area contributed by atoms with Crippen LogP contribution in [0.25, 0.3) is 0 Å². The van der Waals surface area contributed by atoms with Crippen LogP contribution in [0.3, 0.4) is 0 Å². The maximum absolute atomic E-state index is 9.66. The predicted molar refractivity (Wildman–Crippen MR) is 150 cm³/mol. The van der Waals surface area contributed by atoms with Crippen molar-refractivity contribution in [1.82, 2.24) is 0 Å². The van der Waals surface area contributed by atoms with E-state index < -0.39 is 6.10 Å². The zero-order valence-corrected chi connectivity index (χ0v) is 21.8. The summed E-state index contributed by atoms with van der Waals surface area (Å²) < 4.78 is 0. The number of nitrogens with two attached hydrogens (primary N) is 2. The van der Waals surface area contributed by atoms with Crippen molar-refractivity contribution in [2.24, 2.45) is 11.5 Å². The summed E-state index contributed by atoms with van der Waals surface area (Å²) in [6.45, 7) is 3.68. The number of aliphatic hydroxyl groups is 2. The van der Waals surface area contributed by atoms with Crippen molar-refractivity contribution in [2.75, 3.05) is 0 Å². The molecule has 0 aliphatic heterocycles. The summed E-state index contributed by atoms with van der Waals surface area (Å²) in [5.41, 5.74) is 11.3. The first kappa shape index (κ1) is 32.3. The van der Waals surface area contributed by atoms with E-state index >= 15 is 0 Å². The van der Waals surface area contributed by atoms with Crippen LogP contribution in [0.2, 0.25) is 0 Å². The third-order valence-corrected chi connectivity index (χ3v) is 5.57. The smallest absolute Gasteiger partial charge is 0.0722 e. The first-order valence-corrected chi connectivity index (χ1v) is 13.2. The first-order chi connectivity index (χ1) is 16.4. The molecule has 0 radical (unpaired) electrons. The Bertz CT molecular complexity index is 615. The van der Waals surface area contributed by atoms with Gasteiger partial charge in [-0.1, -0.05) is 92.2 Å². The summed E-state index contributed by atoms with van der Waals surface area (Å²) in [4.78, 5) is 0. The number of hydrogen-bond acceptors (Lipinski definition) is 4. The van der Waals surface area contributed by atoms with Gasteiger partial charge >= 0.3 is 0 Å². The fraction of sp³-hybridized carbons (Fsp3) is 0.600. The molecule has 0 aromatic rings. The Morgan fingerprint density at radius 1 is 0.500 bits per heavy atom. The van der Waals surface area contributed by atoms with Crippen molar-refractivity contribution in [3.05, 3.63) is 72.9 Å². The van der Waals surface area contributed by atoms with Gasteiger partial charge in [0, 0.05) is 12.1 Å². The Labute approximate surface area is 209 Å². The second kappa shape index (κ2) is 24.4. The number of allylic oxidation sites excluding steroid dienone is 11. The minimum absolute atomic E-state index is 0.117. The summed E-state index contributed by atoms with van der Waals surface area (Å²) in [5, 5.41) is 19.3. The molecular formula is C30H52N2O2. The molecule has 34 heavy (non-hydrogen) atoms. The number of aliphatic hydroxyl groups excluding tert-OH is 2.